The van der Waals surface area contributed by atoms with Crippen molar-refractivity contribution >= 4 is 17.3 Å². The van der Waals surface area contributed by atoms with Crippen molar-refractivity contribution < 1.29 is 4.42 Å². The molecule has 20 heavy (non-hydrogen) atoms. The Hall–Kier alpha value is -2.27. The maximum Gasteiger partial charge on any atom is 0.197 e. The number of halogens is 1. The molecule has 0 radical (unpaired) electrons. The van der Waals surface area contributed by atoms with E-state index < -0.39 is 0 Å². The molecule has 3 rings (SSSR count). The maximum absolute atomic E-state index is 5.98. The summed E-state index contributed by atoms with van der Waals surface area (Å²) in [5.41, 5.74) is 8.24. The Morgan fingerprint density at radius 1 is 1.15 bits per heavy atom. The number of benzene rings is 1. The van der Waals surface area contributed by atoms with Crippen molar-refractivity contribution in [2.24, 2.45) is 0 Å². The van der Waals surface area contributed by atoms with Gasteiger partial charge < -0.3 is 15.1 Å². The number of anilines is 1. The normalized spacial score (nSPS) is 10.9. The lowest BCUT2D eigenvalue weighted by Crippen LogP contribution is -1.91. The second kappa shape index (κ2) is 4.68. The van der Waals surface area contributed by atoms with Crippen LogP contribution in [0.3, 0.4) is 0 Å². The van der Waals surface area contributed by atoms with Crippen LogP contribution >= 0.6 is 11.6 Å². The minimum absolute atomic E-state index is 0.563. The minimum atomic E-state index is 0.563. The summed E-state index contributed by atoms with van der Waals surface area (Å²) in [7, 11) is 0. The summed E-state index contributed by atoms with van der Waals surface area (Å²) in [6.45, 7) is 3.85. The Bertz CT molecular complexity index is 775. The lowest BCUT2D eigenvalue weighted by molar-refractivity contribution is 0.543. The lowest BCUT2D eigenvalue weighted by Gasteiger charge is -2.01. The second-order valence-corrected chi connectivity index (χ2v) is 5.06. The van der Waals surface area contributed by atoms with Crippen molar-refractivity contribution in [3.8, 4) is 23.0 Å². The molecule has 0 unspecified atom stereocenters. The Morgan fingerprint density at radius 3 is 2.60 bits per heavy atom. The van der Waals surface area contributed by atoms with Gasteiger partial charge in [0, 0.05) is 16.3 Å². The summed E-state index contributed by atoms with van der Waals surface area (Å²) in [6, 6.07) is 7.17. The molecule has 3 N–H and O–H groups in total. The van der Waals surface area contributed by atoms with Gasteiger partial charge in [-0.15, -0.1) is 10.2 Å². The molecule has 0 aliphatic carbocycles. The van der Waals surface area contributed by atoms with Crippen molar-refractivity contribution in [3.63, 3.8) is 0 Å². The first-order valence-corrected chi connectivity index (χ1v) is 6.48. The first-order valence-electron chi connectivity index (χ1n) is 6.10. The van der Waals surface area contributed by atoms with Crippen LogP contribution in [-0.4, -0.2) is 15.2 Å². The van der Waals surface area contributed by atoms with Crippen LogP contribution in [0.4, 0.5) is 5.69 Å². The van der Waals surface area contributed by atoms with Gasteiger partial charge in [-0.1, -0.05) is 11.6 Å². The van der Waals surface area contributed by atoms with Gasteiger partial charge in [0.15, 0.2) is 17.4 Å². The topological polar surface area (TPSA) is 80.7 Å². The van der Waals surface area contributed by atoms with Crippen molar-refractivity contribution in [2.75, 3.05) is 5.73 Å². The molecule has 0 atom stereocenters. The molecule has 0 amide bonds. The fourth-order valence-corrected chi connectivity index (χ4v) is 2.27. The zero-order valence-corrected chi connectivity index (χ0v) is 11.8. The van der Waals surface area contributed by atoms with Crippen LogP contribution in [-0.2, 0) is 0 Å². The molecule has 0 aliphatic heterocycles. The molecule has 0 saturated heterocycles. The van der Waals surface area contributed by atoms with Crippen LogP contribution < -0.4 is 5.73 Å². The van der Waals surface area contributed by atoms with E-state index in [0.29, 0.717) is 28.1 Å². The number of nitrogens with one attached hydrogen (secondary N) is 1. The Labute approximate surface area is 120 Å². The quantitative estimate of drug-likeness (QED) is 0.706. The highest BCUT2D eigenvalue weighted by Gasteiger charge is 2.15. The predicted octanol–water partition coefficient (Wildman–Crippen LogP) is 3.58. The number of hydrogen-bond acceptors (Lipinski definition) is 4. The monoisotopic (exact) mass is 288 g/mol. The highest BCUT2D eigenvalue weighted by atomic mass is 35.5. The van der Waals surface area contributed by atoms with Gasteiger partial charge in [0.25, 0.3) is 0 Å². The van der Waals surface area contributed by atoms with Gasteiger partial charge in [0.1, 0.15) is 5.76 Å². The summed E-state index contributed by atoms with van der Waals surface area (Å²) in [6.07, 6.45) is 0. The molecule has 0 aliphatic rings. The zero-order valence-electron chi connectivity index (χ0n) is 11.1. The van der Waals surface area contributed by atoms with Crippen LogP contribution in [0.25, 0.3) is 23.0 Å². The second-order valence-electron chi connectivity index (χ2n) is 4.62. The van der Waals surface area contributed by atoms with Crippen LogP contribution in [0, 0.1) is 13.8 Å². The van der Waals surface area contributed by atoms with Crippen molar-refractivity contribution in [3.05, 3.63) is 40.6 Å². The smallest absolute Gasteiger partial charge is 0.197 e. The van der Waals surface area contributed by atoms with Crippen LogP contribution in [0.15, 0.2) is 28.7 Å². The number of aryl methyl sites for hydroxylation is 2. The van der Waals surface area contributed by atoms with E-state index in [-0.39, 0.29) is 0 Å². The summed E-state index contributed by atoms with van der Waals surface area (Å²) in [4.78, 5) is 3.11. The molecule has 102 valence electrons. The van der Waals surface area contributed by atoms with E-state index in [4.69, 9.17) is 21.8 Å². The standard InChI is InChI=1S/C14H13ClN4O/c1-7-5-8(2)20-12(7)14-17-13(18-19-14)10-6-9(15)3-4-11(10)16/h3-6H,16H2,1-2H3,(H,17,18,19). The Morgan fingerprint density at radius 2 is 1.90 bits per heavy atom. The van der Waals surface area contributed by atoms with Gasteiger partial charge in [0.05, 0.1) is 0 Å². The van der Waals surface area contributed by atoms with Crippen molar-refractivity contribution in [1.82, 2.24) is 15.2 Å². The Kier molecular flexibility index (Phi) is 2.99. The van der Waals surface area contributed by atoms with E-state index in [9.17, 15) is 0 Å². The first kappa shape index (κ1) is 12.7. The molecule has 2 aromatic heterocycles. The molecular weight excluding hydrogens is 276 g/mol. The zero-order chi connectivity index (χ0) is 14.3. The summed E-state index contributed by atoms with van der Waals surface area (Å²) < 4.78 is 5.61. The SMILES string of the molecule is Cc1cc(C)c(-c2nnc(-c3cc(Cl)ccc3N)[nH]2)o1. The number of furan rings is 1. The number of nitrogens with zero attached hydrogens (tertiary/aromatic N) is 2. The molecule has 0 spiro atoms. The molecule has 0 bridgehead atoms. The van der Waals surface area contributed by atoms with E-state index in [2.05, 4.69) is 15.2 Å². The molecule has 0 fully saturated rings. The van der Waals surface area contributed by atoms with E-state index >= 15 is 0 Å². The third-order valence-electron chi connectivity index (χ3n) is 3.01. The van der Waals surface area contributed by atoms with Gasteiger partial charge in [-0.25, -0.2) is 0 Å². The minimum Gasteiger partial charge on any atom is -0.458 e. The Balaban J connectivity index is 2.06. The van der Waals surface area contributed by atoms with E-state index in [0.717, 1.165) is 16.9 Å². The fraction of sp³-hybridized carbons (Fsp3) is 0.143. The number of aromatic nitrogens is 3. The number of rotatable bonds is 2. The van der Waals surface area contributed by atoms with Crippen LogP contribution in [0.1, 0.15) is 11.3 Å². The van der Waals surface area contributed by atoms with Crippen LogP contribution in [0.5, 0.6) is 0 Å². The van der Waals surface area contributed by atoms with E-state index in [1.807, 2.05) is 19.9 Å². The molecular formula is C14H13ClN4O. The average Bonchev–Trinajstić information content (AvgIpc) is 2.99. The van der Waals surface area contributed by atoms with Crippen LogP contribution in [0.2, 0.25) is 5.02 Å². The molecule has 3 aromatic rings. The number of nitrogens with two attached hydrogens (primary N) is 1. The number of nitrogen functional groups attached to an aromatic ring is 1. The highest BCUT2D eigenvalue weighted by molar-refractivity contribution is 6.31. The molecule has 0 saturated carbocycles. The lowest BCUT2D eigenvalue weighted by atomic mass is 10.2. The van der Waals surface area contributed by atoms with Gasteiger partial charge in [0.2, 0.25) is 0 Å². The molecule has 5 nitrogen and oxygen atoms in total. The van der Waals surface area contributed by atoms with E-state index in [1.54, 1.807) is 18.2 Å². The number of hydrogen-bond donors (Lipinski definition) is 2. The summed E-state index contributed by atoms with van der Waals surface area (Å²) in [5, 5.41) is 8.82. The fourth-order valence-electron chi connectivity index (χ4n) is 2.10. The van der Waals surface area contributed by atoms with Gasteiger partial charge >= 0.3 is 0 Å². The van der Waals surface area contributed by atoms with Gasteiger partial charge in [-0.05, 0) is 43.7 Å². The first-order chi connectivity index (χ1) is 9.54. The van der Waals surface area contributed by atoms with Gasteiger partial charge in [-0.2, -0.15) is 0 Å². The van der Waals surface area contributed by atoms with Crippen molar-refractivity contribution in [2.45, 2.75) is 13.8 Å². The third-order valence-corrected chi connectivity index (χ3v) is 3.25. The average molecular weight is 289 g/mol. The number of aromatic amines is 1. The summed E-state index contributed by atoms with van der Waals surface area (Å²) in [5.74, 6) is 2.65. The predicted molar refractivity (Wildman–Crippen MR) is 78.4 cm³/mol. The molecule has 1 aromatic carbocycles. The third kappa shape index (κ3) is 2.16. The summed E-state index contributed by atoms with van der Waals surface area (Å²) >= 11 is 5.98. The largest absolute Gasteiger partial charge is 0.458 e. The number of H-pyrrole nitrogens is 1. The highest BCUT2D eigenvalue weighted by Crippen LogP contribution is 2.29. The molecule has 6 heteroatoms. The molecule has 2 heterocycles. The maximum atomic E-state index is 5.98. The van der Waals surface area contributed by atoms with Gasteiger partial charge in [-0.3, -0.25) is 0 Å². The van der Waals surface area contributed by atoms with Crippen molar-refractivity contribution in [1.29, 1.82) is 0 Å². The van der Waals surface area contributed by atoms with E-state index in [1.165, 1.54) is 0 Å².